The summed E-state index contributed by atoms with van der Waals surface area (Å²) >= 11 is 5.08. The molecule has 0 fully saturated rings. The SMILES string of the molecule is CCc1ccnc(/C(C)=N/NC(=S)N(C)C)c1. The fourth-order valence-electron chi connectivity index (χ4n) is 1.18. The number of hydrogen-bond donors (Lipinski definition) is 1. The predicted molar refractivity (Wildman–Crippen MR) is 75.2 cm³/mol. The van der Waals surface area contributed by atoms with Crippen molar-refractivity contribution in [3.8, 4) is 0 Å². The van der Waals surface area contributed by atoms with E-state index in [2.05, 4.69) is 22.4 Å². The Labute approximate surface area is 108 Å². The molecule has 0 atom stereocenters. The number of nitrogens with zero attached hydrogens (tertiary/aromatic N) is 3. The Balaban J connectivity index is 2.77. The predicted octanol–water partition coefficient (Wildman–Crippen LogP) is 1.80. The molecule has 5 heteroatoms. The molecule has 1 N–H and O–H groups in total. The summed E-state index contributed by atoms with van der Waals surface area (Å²) in [7, 11) is 3.74. The van der Waals surface area contributed by atoms with Gasteiger partial charge in [0, 0.05) is 20.3 Å². The molecule has 17 heavy (non-hydrogen) atoms. The van der Waals surface area contributed by atoms with Gasteiger partial charge in [-0.25, -0.2) is 0 Å². The molecule has 1 aromatic heterocycles. The van der Waals surface area contributed by atoms with Crippen molar-refractivity contribution in [3.05, 3.63) is 29.6 Å². The highest BCUT2D eigenvalue weighted by molar-refractivity contribution is 7.80. The smallest absolute Gasteiger partial charge is 0.189 e. The minimum atomic E-state index is 0.580. The lowest BCUT2D eigenvalue weighted by atomic mass is 10.1. The van der Waals surface area contributed by atoms with Crippen LogP contribution in [0.25, 0.3) is 0 Å². The fourth-order valence-corrected chi connectivity index (χ4v) is 1.23. The van der Waals surface area contributed by atoms with Gasteiger partial charge in [-0.3, -0.25) is 10.4 Å². The van der Waals surface area contributed by atoms with E-state index in [-0.39, 0.29) is 0 Å². The first-order valence-corrected chi connectivity index (χ1v) is 5.92. The number of hydrazone groups is 1. The van der Waals surface area contributed by atoms with Crippen LogP contribution in [0.3, 0.4) is 0 Å². The topological polar surface area (TPSA) is 40.5 Å². The summed E-state index contributed by atoms with van der Waals surface area (Å²) in [6, 6.07) is 4.05. The summed E-state index contributed by atoms with van der Waals surface area (Å²) in [4.78, 5) is 6.08. The van der Waals surface area contributed by atoms with Gasteiger partial charge >= 0.3 is 0 Å². The highest BCUT2D eigenvalue weighted by Gasteiger charge is 2.01. The van der Waals surface area contributed by atoms with Crippen LogP contribution in [0.15, 0.2) is 23.4 Å². The van der Waals surface area contributed by atoms with Crippen LogP contribution in [0.5, 0.6) is 0 Å². The molecule has 4 nitrogen and oxygen atoms in total. The molecule has 0 saturated carbocycles. The third-order valence-corrected chi connectivity index (χ3v) is 2.79. The average Bonchev–Trinajstić information content (AvgIpc) is 2.35. The van der Waals surface area contributed by atoms with Crippen LogP contribution in [-0.2, 0) is 6.42 Å². The lowest BCUT2D eigenvalue weighted by molar-refractivity contribution is 0.606. The van der Waals surface area contributed by atoms with Gasteiger partial charge in [-0.05, 0) is 43.3 Å². The maximum atomic E-state index is 5.08. The van der Waals surface area contributed by atoms with E-state index in [0.717, 1.165) is 17.8 Å². The second kappa shape index (κ2) is 6.30. The Kier molecular flexibility index (Phi) is 5.03. The maximum Gasteiger partial charge on any atom is 0.189 e. The first-order valence-electron chi connectivity index (χ1n) is 5.51. The summed E-state index contributed by atoms with van der Waals surface area (Å²) in [6.45, 7) is 4.03. The number of hydrogen-bond acceptors (Lipinski definition) is 3. The van der Waals surface area contributed by atoms with Crippen LogP contribution in [0, 0.1) is 0 Å². The van der Waals surface area contributed by atoms with Gasteiger partial charge in [0.1, 0.15) is 0 Å². The van der Waals surface area contributed by atoms with Crippen molar-refractivity contribution in [2.24, 2.45) is 5.10 Å². The van der Waals surface area contributed by atoms with Crippen molar-refractivity contribution in [3.63, 3.8) is 0 Å². The summed E-state index contributed by atoms with van der Waals surface area (Å²) < 4.78 is 0. The third-order valence-electron chi connectivity index (χ3n) is 2.33. The Hall–Kier alpha value is -1.49. The molecule has 1 rings (SSSR count). The Morgan fingerprint density at radius 3 is 2.82 bits per heavy atom. The third kappa shape index (κ3) is 4.11. The number of aromatic nitrogens is 1. The van der Waals surface area contributed by atoms with Gasteiger partial charge in [-0.1, -0.05) is 6.92 Å². The zero-order valence-corrected chi connectivity index (χ0v) is 11.5. The van der Waals surface area contributed by atoms with E-state index >= 15 is 0 Å². The largest absolute Gasteiger partial charge is 0.354 e. The summed E-state index contributed by atoms with van der Waals surface area (Å²) in [5.41, 5.74) is 5.77. The second-order valence-corrected chi connectivity index (χ2v) is 4.30. The molecular formula is C12H18N4S. The molecular weight excluding hydrogens is 232 g/mol. The molecule has 1 heterocycles. The van der Waals surface area contributed by atoms with Gasteiger partial charge in [0.15, 0.2) is 5.11 Å². The molecule has 1 aromatic rings. The van der Waals surface area contributed by atoms with Crippen molar-refractivity contribution in [1.82, 2.24) is 15.3 Å². The highest BCUT2D eigenvalue weighted by atomic mass is 32.1. The van der Waals surface area contributed by atoms with Crippen LogP contribution in [0.2, 0.25) is 0 Å². The minimum Gasteiger partial charge on any atom is -0.354 e. The fraction of sp³-hybridized carbons (Fsp3) is 0.417. The van der Waals surface area contributed by atoms with Gasteiger partial charge in [-0.15, -0.1) is 0 Å². The normalized spacial score (nSPS) is 11.2. The maximum absolute atomic E-state index is 5.08. The molecule has 0 bridgehead atoms. The Morgan fingerprint density at radius 1 is 1.53 bits per heavy atom. The molecule has 0 aliphatic rings. The first-order chi connectivity index (χ1) is 8.04. The van der Waals surface area contributed by atoms with Crippen LogP contribution < -0.4 is 5.43 Å². The zero-order valence-electron chi connectivity index (χ0n) is 10.7. The van der Waals surface area contributed by atoms with Crippen molar-refractivity contribution >= 4 is 23.0 Å². The van der Waals surface area contributed by atoms with Crippen LogP contribution in [-0.4, -0.2) is 34.8 Å². The lowest BCUT2D eigenvalue weighted by Gasteiger charge is -2.12. The van der Waals surface area contributed by atoms with Crippen molar-refractivity contribution in [2.75, 3.05) is 14.1 Å². The van der Waals surface area contributed by atoms with Crippen molar-refractivity contribution < 1.29 is 0 Å². The lowest BCUT2D eigenvalue weighted by Crippen LogP contribution is -2.31. The van der Waals surface area contributed by atoms with Crippen molar-refractivity contribution in [2.45, 2.75) is 20.3 Å². The summed E-state index contributed by atoms with van der Waals surface area (Å²) in [6.07, 6.45) is 2.80. The molecule has 0 amide bonds. The number of aryl methyl sites for hydroxylation is 1. The minimum absolute atomic E-state index is 0.580. The molecule has 0 unspecified atom stereocenters. The molecule has 0 aliphatic heterocycles. The van der Waals surface area contributed by atoms with Gasteiger partial charge < -0.3 is 4.90 Å². The van der Waals surface area contributed by atoms with E-state index in [0.29, 0.717) is 5.11 Å². The van der Waals surface area contributed by atoms with Crippen molar-refractivity contribution in [1.29, 1.82) is 0 Å². The number of nitrogens with one attached hydrogen (secondary N) is 1. The molecule has 0 aromatic carbocycles. The zero-order chi connectivity index (χ0) is 12.8. The molecule has 92 valence electrons. The monoisotopic (exact) mass is 250 g/mol. The van der Waals surface area contributed by atoms with E-state index in [1.54, 1.807) is 11.1 Å². The molecule has 0 spiro atoms. The first kappa shape index (κ1) is 13.6. The molecule has 0 aliphatic carbocycles. The van der Waals surface area contributed by atoms with Crippen LogP contribution >= 0.6 is 12.2 Å². The van der Waals surface area contributed by atoms with Crippen LogP contribution in [0.4, 0.5) is 0 Å². The van der Waals surface area contributed by atoms with E-state index in [9.17, 15) is 0 Å². The number of thiocarbonyl (C=S) groups is 1. The van der Waals surface area contributed by atoms with E-state index in [4.69, 9.17) is 12.2 Å². The quantitative estimate of drug-likeness (QED) is 0.504. The Morgan fingerprint density at radius 2 is 2.24 bits per heavy atom. The van der Waals surface area contributed by atoms with Gasteiger partial charge in [0.2, 0.25) is 0 Å². The molecule has 0 saturated heterocycles. The van der Waals surface area contributed by atoms with E-state index in [1.807, 2.05) is 33.2 Å². The van der Waals surface area contributed by atoms with E-state index < -0.39 is 0 Å². The second-order valence-electron chi connectivity index (χ2n) is 3.91. The van der Waals surface area contributed by atoms with Gasteiger partial charge in [0.25, 0.3) is 0 Å². The van der Waals surface area contributed by atoms with E-state index in [1.165, 1.54) is 5.56 Å². The van der Waals surface area contributed by atoms with Gasteiger partial charge in [0.05, 0.1) is 11.4 Å². The average molecular weight is 250 g/mol. The van der Waals surface area contributed by atoms with Crippen LogP contribution in [0.1, 0.15) is 25.1 Å². The van der Waals surface area contributed by atoms with Gasteiger partial charge in [-0.2, -0.15) is 5.10 Å². The molecule has 0 radical (unpaired) electrons. The summed E-state index contributed by atoms with van der Waals surface area (Å²) in [5, 5.41) is 4.79. The number of rotatable bonds is 3. The Bertz CT molecular complexity index is 426. The standard InChI is InChI=1S/C12H18N4S/c1-5-10-6-7-13-11(8-10)9(2)14-15-12(17)16(3)4/h6-8H,5H2,1-4H3,(H,15,17)/b14-9+. The summed E-state index contributed by atoms with van der Waals surface area (Å²) in [5.74, 6) is 0. The highest BCUT2D eigenvalue weighted by Crippen LogP contribution is 2.03. The number of pyridine rings is 1.